The Morgan fingerprint density at radius 3 is 2.35 bits per heavy atom. The van der Waals surface area contributed by atoms with E-state index < -0.39 is 0 Å². The van der Waals surface area contributed by atoms with Crippen molar-refractivity contribution in [3.05, 3.63) is 59.2 Å². The molecule has 1 amide bonds. The molecule has 0 saturated heterocycles. The molecule has 0 fully saturated rings. The lowest BCUT2D eigenvalue weighted by Gasteiger charge is -2.10. The average Bonchev–Trinajstić information content (AvgIpc) is 2.56. The lowest BCUT2D eigenvalue weighted by molar-refractivity contribution is -0.111. The highest BCUT2D eigenvalue weighted by molar-refractivity contribution is 6.03. The molecule has 4 nitrogen and oxygen atoms in total. The highest BCUT2D eigenvalue weighted by Crippen LogP contribution is 2.25. The first kappa shape index (κ1) is 16.6. The third kappa shape index (κ3) is 4.13. The Kier molecular flexibility index (Phi) is 5.41. The van der Waals surface area contributed by atoms with Crippen LogP contribution < -0.4 is 14.8 Å². The van der Waals surface area contributed by atoms with E-state index in [0.29, 0.717) is 11.5 Å². The van der Waals surface area contributed by atoms with Gasteiger partial charge in [0, 0.05) is 23.4 Å². The fraction of sp³-hybridized carbons (Fsp3) is 0.211. The Morgan fingerprint density at radius 2 is 1.74 bits per heavy atom. The summed E-state index contributed by atoms with van der Waals surface area (Å²) in [6, 6.07) is 11.4. The van der Waals surface area contributed by atoms with E-state index in [1.807, 2.05) is 44.2 Å². The Morgan fingerprint density at radius 1 is 1.04 bits per heavy atom. The summed E-state index contributed by atoms with van der Waals surface area (Å²) >= 11 is 0. The average molecular weight is 311 g/mol. The molecular formula is C19H21NO3. The number of aryl methyl sites for hydroxylation is 2. The molecule has 2 rings (SSSR count). The van der Waals surface area contributed by atoms with Crippen molar-refractivity contribution in [3.63, 3.8) is 0 Å². The first-order valence-corrected chi connectivity index (χ1v) is 7.32. The number of nitrogens with one attached hydrogen (secondary N) is 1. The molecule has 0 aliphatic rings. The van der Waals surface area contributed by atoms with Gasteiger partial charge in [0.15, 0.2) is 0 Å². The molecule has 2 aromatic carbocycles. The maximum Gasteiger partial charge on any atom is 0.248 e. The normalized spacial score (nSPS) is 10.6. The van der Waals surface area contributed by atoms with Crippen molar-refractivity contribution in [3.8, 4) is 11.5 Å². The lowest BCUT2D eigenvalue weighted by Crippen LogP contribution is -2.10. The van der Waals surface area contributed by atoms with Crippen molar-refractivity contribution in [2.24, 2.45) is 0 Å². The third-order valence-electron chi connectivity index (χ3n) is 3.58. The van der Waals surface area contributed by atoms with Gasteiger partial charge >= 0.3 is 0 Å². The third-order valence-corrected chi connectivity index (χ3v) is 3.58. The standard InChI is InChI=1S/C19H21NO3/c1-13-6-5-7-14(2)19(13)20-18(21)11-9-15-8-10-16(22-3)12-17(15)23-4/h5-12H,1-4H3,(H,20,21). The fourth-order valence-corrected chi connectivity index (χ4v) is 2.30. The first-order chi connectivity index (χ1) is 11.0. The van der Waals surface area contributed by atoms with Crippen LogP contribution in [0.2, 0.25) is 0 Å². The molecular weight excluding hydrogens is 290 g/mol. The molecule has 0 saturated carbocycles. The number of carbonyl (C=O) groups is 1. The number of benzene rings is 2. The maximum atomic E-state index is 12.1. The van der Waals surface area contributed by atoms with E-state index in [2.05, 4.69) is 5.32 Å². The van der Waals surface area contributed by atoms with Crippen molar-refractivity contribution < 1.29 is 14.3 Å². The van der Waals surface area contributed by atoms with Gasteiger partial charge in [-0.1, -0.05) is 18.2 Å². The summed E-state index contributed by atoms with van der Waals surface area (Å²) in [7, 11) is 3.19. The Labute approximate surface area is 136 Å². The van der Waals surface area contributed by atoms with Crippen molar-refractivity contribution in [2.45, 2.75) is 13.8 Å². The van der Waals surface area contributed by atoms with Gasteiger partial charge in [0.25, 0.3) is 0 Å². The number of methoxy groups -OCH3 is 2. The second-order valence-electron chi connectivity index (χ2n) is 5.20. The van der Waals surface area contributed by atoms with Crippen LogP contribution in [0.3, 0.4) is 0 Å². The van der Waals surface area contributed by atoms with Gasteiger partial charge in [-0.05, 0) is 43.2 Å². The van der Waals surface area contributed by atoms with E-state index in [-0.39, 0.29) is 5.91 Å². The lowest BCUT2D eigenvalue weighted by atomic mass is 10.1. The van der Waals surface area contributed by atoms with E-state index in [4.69, 9.17) is 9.47 Å². The van der Waals surface area contributed by atoms with Gasteiger partial charge < -0.3 is 14.8 Å². The zero-order chi connectivity index (χ0) is 16.8. The maximum absolute atomic E-state index is 12.1. The van der Waals surface area contributed by atoms with Crippen LogP contribution in [0.15, 0.2) is 42.5 Å². The van der Waals surface area contributed by atoms with Crippen LogP contribution in [0.25, 0.3) is 6.08 Å². The summed E-state index contributed by atoms with van der Waals surface area (Å²) in [5.41, 5.74) is 3.73. The molecule has 0 spiro atoms. The number of rotatable bonds is 5. The minimum absolute atomic E-state index is 0.180. The van der Waals surface area contributed by atoms with Gasteiger partial charge in [-0.25, -0.2) is 0 Å². The molecule has 120 valence electrons. The molecule has 2 aromatic rings. The van der Waals surface area contributed by atoms with Crippen LogP contribution in [0.5, 0.6) is 11.5 Å². The summed E-state index contributed by atoms with van der Waals surface area (Å²) in [5, 5.41) is 2.92. The Bertz CT molecular complexity index is 715. The summed E-state index contributed by atoms with van der Waals surface area (Å²) in [6.45, 7) is 3.94. The quantitative estimate of drug-likeness (QED) is 0.850. The minimum Gasteiger partial charge on any atom is -0.497 e. The minimum atomic E-state index is -0.180. The van der Waals surface area contributed by atoms with E-state index in [9.17, 15) is 4.79 Å². The van der Waals surface area contributed by atoms with E-state index in [1.54, 1.807) is 26.4 Å². The summed E-state index contributed by atoms with van der Waals surface area (Å²) in [6.07, 6.45) is 3.22. The monoisotopic (exact) mass is 311 g/mol. The predicted octanol–water partition coefficient (Wildman–Crippen LogP) is 3.97. The number of para-hydroxylation sites is 1. The van der Waals surface area contributed by atoms with Crippen LogP contribution in [0.1, 0.15) is 16.7 Å². The van der Waals surface area contributed by atoms with Crippen molar-refractivity contribution in [1.82, 2.24) is 0 Å². The summed E-state index contributed by atoms with van der Waals surface area (Å²) in [4.78, 5) is 12.1. The van der Waals surface area contributed by atoms with Crippen molar-refractivity contribution in [2.75, 3.05) is 19.5 Å². The van der Waals surface area contributed by atoms with Crippen LogP contribution >= 0.6 is 0 Å². The van der Waals surface area contributed by atoms with E-state index in [1.165, 1.54) is 6.08 Å². The van der Waals surface area contributed by atoms with Gasteiger partial charge in [-0.2, -0.15) is 0 Å². The van der Waals surface area contributed by atoms with Crippen molar-refractivity contribution in [1.29, 1.82) is 0 Å². The number of hydrogen-bond acceptors (Lipinski definition) is 3. The highest BCUT2D eigenvalue weighted by atomic mass is 16.5. The molecule has 0 bridgehead atoms. The molecule has 0 atom stereocenters. The fourth-order valence-electron chi connectivity index (χ4n) is 2.30. The molecule has 23 heavy (non-hydrogen) atoms. The Balaban J connectivity index is 2.15. The molecule has 0 aliphatic heterocycles. The molecule has 4 heteroatoms. The number of ether oxygens (including phenoxy) is 2. The number of carbonyl (C=O) groups excluding carboxylic acids is 1. The second kappa shape index (κ2) is 7.49. The predicted molar refractivity (Wildman–Crippen MR) is 93.1 cm³/mol. The first-order valence-electron chi connectivity index (χ1n) is 7.32. The Hall–Kier alpha value is -2.75. The van der Waals surface area contributed by atoms with Gasteiger partial charge in [-0.3, -0.25) is 4.79 Å². The second-order valence-corrected chi connectivity index (χ2v) is 5.20. The summed E-state index contributed by atoms with van der Waals surface area (Å²) in [5.74, 6) is 1.18. The van der Waals surface area contributed by atoms with Crippen molar-refractivity contribution >= 4 is 17.7 Å². The van der Waals surface area contributed by atoms with Crippen LogP contribution in [0.4, 0.5) is 5.69 Å². The van der Waals surface area contributed by atoms with Crippen LogP contribution in [-0.2, 0) is 4.79 Å². The molecule has 0 aliphatic carbocycles. The number of anilines is 1. The number of amides is 1. The van der Waals surface area contributed by atoms with Crippen LogP contribution in [0, 0.1) is 13.8 Å². The highest BCUT2D eigenvalue weighted by Gasteiger charge is 2.06. The zero-order valence-corrected chi connectivity index (χ0v) is 13.8. The summed E-state index contributed by atoms with van der Waals surface area (Å²) < 4.78 is 10.5. The SMILES string of the molecule is COc1ccc(C=CC(=O)Nc2c(C)cccc2C)c(OC)c1. The molecule has 1 N–H and O–H groups in total. The largest absolute Gasteiger partial charge is 0.497 e. The topological polar surface area (TPSA) is 47.6 Å². The smallest absolute Gasteiger partial charge is 0.248 e. The molecule has 0 unspecified atom stereocenters. The van der Waals surface area contributed by atoms with Gasteiger partial charge in [-0.15, -0.1) is 0 Å². The zero-order valence-electron chi connectivity index (χ0n) is 13.8. The number of hydrogen-bond donors (Lipinski definition) is 1. The molecule has 0 aromatic heterocycles. The van der Waals surface area contributed by atoms with E-state index in [0.717, 1.165) is 22.4 Å². The molecule has 0 heterocycles. The molecule has 0 radical (unpaired) electrons. The van der Waals surface area contributed by atoms with Gasteiger partial charge in [0.05, 0.1) is 14.2 Å². The van der Waals surface area contributed by atoms with Gasteiger partial charge in [0.2, 0.25) is 5.91 Å². The van der Waals surface area contributed by atoms with Crippen LogP contribution in [-0.4, -0.2) is 20.1 Å². The van der Waals surface area contributed by atoms with E-state index >= 15 is 0 Å². The van der Waals surface area contributed by atoms with Gasteiger partial charge in [0.1, 0.15) is 11.5 Å².